The van der Waals surface area contributed by atoms with Crippen molar-refractivity contribution in [1.82, 2.24) is 9.78 Å². The summed E-state index contributed by atoms with van der Waals surface area (Å²) in [7, 11) is 0. The van der Waals surface area contributed by atoms with E-state index in [9.17, 15) is 9.59 Å². The number of hydrogen-bond acceptors (Lipinski definition) is 5. The van der Waals surface area contributed by atoms with E-state index >= 15 is 0 Å². The molecule has 25 heavy (non-hydrogen) atoms. The van der Waals surface area contributed by atoms with Crippen molar-refractivity contribution < 1.29 is 18.7 Å². The molecule has 2 heterocycles. The van der Waals surface area contributed by atoms with Crippen molar-refractivity contribution in [1.29, 1.82) is 0 Å². The zero-order valence-corrected chi connectivity index (χ0v) is 14.1. The third-order valence-electron chi connectivity index (χ3n) is 3.77. The van der Waals surface area contributed by atoms with Crippen molar-refractivity contribution in [2.45, 2.75) is 20.4 Å². The lowest BCUT2D eigenvalue weighted by atomic mass is 10.0. The first-order valence-electron chi connectivity index (χ1n) is 7.86. The monoisotopic (exact) mass is 338 g/mol. The second-order valence-electron chi connectivity index (χ2n) is 5.79. The van der Waals surface area contributed by atoms with Gasteiger partial charge in [0, 0.05) is 18.0 Å². The van der Waals surface area contributed by atoms with Crippen LogP contribution in [0.4, 0.5) is 0 Å². The first-order valence-corrected chi connectivity index (χ1v) is 7.86. The summed E-state index contributed by atoms with van der Waals surface area (Å²) in [6.45, 7) is 3.86. The highest BCUT2D eigenvalue weighted by molar-refractivity contribution is 6.00. The van der Waals surface area contributed by atoms with E-state index in [1.165, 1.54) is 6.07 Å². The molecule has 6 heteroatoms. The number of carbonyl (C=O) groups excluding carboxylic acids is 2. The average Bonchev–Trinajstić information content (AvgIpc) is 3.27. The first kappa shape index (κ1) is 16.7. The summed E-state index contributed by atoms with van der Waals surface area (Å²) in [6, 6.07) is 10.6. The van der Waals surface area contributed by atoms with E-state index in [1.54, 1.807) is 35.3 Å². The molecule has 0 atom stereocenters. The van der Waals surface area contributed by atoms with E-state index in [1.807, 2.05) is 26.0 Å². The number of benzene rings is 1. The topological polar surface area (TPSA) is 74.3 Å². The number of hydrogen-bond donors (Lipinski definition) is 0. The molecule has 0 aliphatic carbocycles. The Kier molecular flexibility index (Phi) is 4.79. The summed E-state index contributed by atoms with van der Waals surface area (Å²) >= 11 is 0. The Morgan fingerprint density at radius 3 is 2.80 bits per heavy atom. The Labute approximate surface area is 145 Å². The van der Waals surface area contributed by atoms with Crippen molar-refractivity contribution in [2.75, 3.05) is 6.61 Å². The third-order valence-corrected chi connectivity index (χ3v) is 3.77. The van der Waals surface area contributed by atoms with E-state index in [4.69, 9.17) is 9.15 Å². The predicted octanol–water partition coefficient (Wildman–Crippen LogP) is 3.18. The molecule has 1 aromatic carbocycles. The second-order valence-corrected chi connectivity index (χ2v) is 5.79. The third kappa shape index (κ3) is 4.03. The Balaban J connectivity index is 1.60. The first-order chi connectivity index (χ1) is 12.0. The minimum absolute atomic E-state index is 0.0657. The van der Waals surface area contributed by atoms with Crippen LogP contribution in [0.1, 0.15) is 37.8 Å². The number of aromatic nitrogens is 2. The molecule has 0 saturated carbocycles. The standard InChI is InChI=1S/C19H18N2O4/c1-13-4-5-14(2)16(10-13)17(22)12-24-19(23)18-7-6-15(25-18)11-21-9-3-8-20-21/h3-10H,11-12H2,1-2H3. The smallest absolute Gasteiger partial charge is 0.374 e. The fourth-order valence-electron chi connectivity index (χ4n) is 2.44. The molecule has 0 unspecified atom stereocenters. The van der Waals surface area contributed by atoms with Crippen LogP contribution in [-0.2, 0) is 11.3 Å². The molecule has 3 rings (SSSR count). The summed E-state index contributed by atoms with van der Waals surface area (Å²) < 4.78 is 12.2. The number of Topliss-reactive ketones (excluding diaryl/α,β-unsaturated/α-hetero) is 1. The lowest BCUT2D eigenvalue weighted by molar-refractivity contribution is 0.0442. The minimum atomic E-state index is -0.662. The molecule has 0 amide bonds. The molecule has 2 aromatic heterocycles. The van der Waals surface area contributed by atoms with Gasteiger partial charge in [-0.25, -0.2) is 4.79 Å². The van der Waals surface area contributed by atoms with Crippen molar-refractivity contribution in [3.63, 3.8) is 0 Å². The Morgan fingerprint density at radius 2 is 2.04 bits per heavy atom. The highest BCUT2D eigenvalue weighted by Gasteiger charge is 2.16. The van der Waals surface area contributed by atoms with E-state index in [0.29, 0.717) is 17.9 Å². The van der Waals surface area contributed by atoms with Crippen LogP contribution in [0.2, 0.25) is 0 Å². The van der Waals surface area contributed by atoms with Gasteiger partial charge in [0.15, 0.2) is 6.61 Å². The molecule has 0 spiro atoms. The van der Waals surface area contributed by atoms with Crippen LogP contribution >= 0.6 is 0 Å². The molecular formula is C19H18N2O4. The average molecular weight is 338 g/mol. The Hall–Kier alpha value is -3.15. The molecule has 0 saturated heterocycles. The summed E-state index contributed by atoms with van der Waals surface area (Å²) in [5, 5.41) is 4.07. The molecule has 0 aliphatic heterocycles. The van der Waals surface area contributed by atoms with Crippen molar-refractivity contribution >= 4 is 11.8 Å². The SMILES string of the molecule is Cc1ccc(C)c(C(=O)COC(=O)c2ccc(Cn3cccn3)o2)c1. The van der Waals surface area contributed by atoms with Gasteiger partial charge in [-0.05, 0) is 43.7 Å². The molecule has 0 radical (unpaired) electrons. The second kappa shape index (κ2) is 7.17. The van der Waals surface area contributed by atoms with Gasteiger partial charge in [-0.1, -0.05) is 17.7 Å². The summed E-state index contributed by atoms with van der Waals surface area (Å²) in [6.07, 6.45) is 3.46. The molecule has 0 bridgehead atoms. The van der Waals surface area contributed by atoms with Crippen LogP contribution in [0.25, 0.3) is 0 Å². The van der Waals surface area contributed by atoms with Crippen LogP contribution in [0, 0.1) is 13.8 Å². The number of carbonyl (C=O) groups is 2. The highest BCUT2D eigenvalue weighted by atomic mass is 16.5. The van der Waals surface area contributed by atoms with Crippen LogP contribution in [0.3, 0.4) is 0 Å². The quantitative estimate of drug-likeness (QED) is 0.510. The largest absolute Gasteiger partial charge is 0.452 e. The fourth-order valence-corrected chi connectivity index (χ4v) is 2.44. The number of esters is 1. The summed E-state index contributed by atoms with van der Waals surface area (Å²) in [5.41, 5.74) is 2.40. The van der Waals surface area contributed by atoms with Crippen molar-refractivity contribution in [3.05, 3.63) is 77.0 Å². The van der Waals surface area contributed by atoms with Gasteiger partial charge in [0.2, 0.25) is 11.5 Å². The van der Waals surface area contributed by atoms with Crippen LogP contribution in [-0.4, -0.2) is 28.1 Å². The molecule has 0 N–H and O–H groups in total. The van der Waals surface area contributed by atoms with Crippen molar-refractivity contribution in [3.8, 4) is 0 Å². The maximum absolute atomic E-state index is 12.3. The number of furan rings is 1. The lowest BCUT2D eigenvalue weighted by Gasteiger charge is -2.06. The van der Waals surface area contributed by atoms with E-state index in [0.717, 1.165) is 11.1 Å². The van der Waals surface area contributed by atoms with Gasteiger partial charge in [0.05, 0.1) is 6.54 Å². The van der Waals surface area contributed by atoms with E-state index < -0.39 is 5.97 Å². The fraction of sp³-hybridized carbons (Fsp3) is 0.211. The van der Waals surface area contributed by atoms with Gasteiger partial charge < -0.3 is 9.15 Å². The molecule has 128 valence electrons. The van der Waals surface area contributed by atoms with Crippen molar-refractivity contribution in [2.24, 2.45) is 0 Å². The zero-order chi connectivity index (χ0) is 17.8. The van der Waals surface area contributed by atoms with Gasteiger partial charge in [0.1, 0.15) is 5.76 Å². The molecule has 0 fully saturated rings. The maximum Gasteiger partial charge on any atom is 0.374 e. The molecular weight excluding hydrogens is 320 g/mol. The zero-order valence-electron chi connectivity index (χ0n) is 14.1. The van der Waals surface area contributed by atoms with Gasteiger partial charge in [-0.15, -0.1) is 0 Å². The van der Waals surface area contributed by atoms with E-state index in [-0.39, 0.29) is 18.2 Å². The summed E-state index contributed by atoms with van der Waals surface area (Å²) in [5.74, 6) is -0.254. The maximum atomic E-state index is 12.3. The van der Waals surface area contributed by atoms with Gasteiger partial charge >= 0.3 is 5.97 Å². The number of ether oxygens (including phenoxy) is 1. The number of nitrogens with zero attached hydrogens (tertiary/aromatic N) is 2. The number of aryl methyl sites for hydroxylation is 2. The Bertz CT molecular complexity index is 894. The van der Waals surface area contributed by atoms with Gasteiger partial charge in [-0.2, -0.15) is 5.10 Å². The van der Waals surface area contributed by atoms with Crippen LogP contribution < -0.4 is 0 Å². The van der Waals surface area contributed by atoms with Crippen LogP contribution in [0.5, 0.6) is 0 Å². The Morgan fingerprint density at radius 1 is 1.20 bits per heavy atom. The number of ketones is 1. The normalized spacial score (nSPS) is 10.6. The summed E-state index contributed by atoms with van der Waals surface area (Å²) in [4.78, 5) is 24.3. The molecule has 6 nitrogen and oxygen atoms in total. The van der Waals surface area contributed by atoms with Crippen LogP contribution in [0.15, 0.2) is 53.2 Å². The lowest BCUT2D eigenvalue weighted by Crippen LogP contribution is -2.15. The highest BCUT2D eigenvalue weighted by Crippen LogP contribution is 2.13. The van der Waals surface area contributed by atoms with Gasteiger partial charge in [0.25, 0.3) is 0 Å². The molecule has 0 aliphatic rings. The minimum Gasteiger partial charge on any atom is -0.452 e. The number of rotatable bonds is 6. The van der Waals surface area contributed by atoms with Gasteiger partial charge in [-0.3, -0.25) is 9.48 Å². The van der Waals surface area contributed by atoms with E-state index in [2.05, 4.69) is 5.10 Å². The predicted molar refractivity (Wildman–Crippen MR) is 90.6 cm³/mol. The molecule has 3 aromatic rings.